The van der Waals surface area contributed by atoms with Crippen LogP contribution in [0.4, 0.5) is 0 Å². The van der Waals surface area contributed by atoms with Crippen molar-refractivity contribution in [1.29, 1.82) is 0 Å². The lowest BCUT2D eigenvalue weighted by atomic mass is 9.91. The average molecular weight is 249 g/mol. The van der Waals surface area contributed by atoms with Crippen LogP contribution in [0.3, 0.4) is 0 Å². The van der Waals surface area contributed by atoms with Crippen molar-refractivity contribution >= 4 is 12.2 Å². The number of ether oxygens (including phenoxy) is 1. The fraction of sp³-hybridized carbons (Fsp3) is 0.429. The van der Waals surface area contributed by atoms with Gasteiger partial charge in [-0.2, -0.15) is 0 Å². The maximum Gasteiger partial charge on any atom is 0.340 e. The van der Waals surface area contributed by atoms with Gasteiger partial charge in [0, 0.05) is 5.56 Å². The molecule has 0 aliphatic heterocycles. The average Bonchev–Trinajstić information content (AvgIpc) is 2.39. The van der Waals surface area contributed by atoms with E-state index in [-0.39, 0.29) is 5.97 Å². The first-order valence-corrected chi connectivity index (χ1v) is 5.89. The molecule has 0 aliphatic carbocycles. The van der Waals surface area contributed by atoms with Crippen molar-refractivity contribution in [2.75, 3.05) is 7.11 Å². The topological polar surface area (TPSA) is 47.9 Å². The molecular weight excluding hydrogens is 230 g/mol. The summed E-state index contributed by atoms with van der Waals surface area (Å²) in [5.41, 5.74) is 0.250. The predicted molar refractivity (Wildman–Crippen MR) is 70.8 cm³/mol. The van der Waals surface area contributed by atoms with Gasteiger partial charge < -0.3 is 9.57 Å². The highest BCUT2D eigenvalue weighted by Crippen LogP contribution is 2.21. The van der Waals surface area contributed by atoms with Crippen molar-refractivity contribution in [3.63, 3.8) is 0 Å². The quantitative estimate of drug-likeness (QED) is 0.458. The minimum Gasteiger partial charge on any atom is -0.496 e. The van der Waals surface area contributed by atoms with E-state index in [2.05, 4.69) is 5.16 Å². The van der Waals surface area contributed by atoms with Gasteiger partial charge >= 0.3 is 5.97 Å². The van der Waals surface area contributed by atoms with Gasteiger partial charge in [-0.25, -0.2) is 4.79 Å². The van der Waals surface area contributed by atoms with Crippen LogP contribution in [0.1, 0.15) is 32.8 Å². The molecule has 0 bridgehead atoms. The van der Waals surface area contributed by atoms with Crippen LogP contribution < -0.4 is 4.74 Å². The molecule has 1 aromatic rings. The first-order valence-electron chi connectivity index (χ1n) is 5.89. The molecule has 0 amide bonds. The zero-order valence-corrected chi connectivity index (χ0v) is 11.3. The third-order valence-electron chi connectivity index (χ3n) is 2.90. The van der Waals surface area contributed by atoms with E-state index < -0.39 is 5.41 Å². The Morgan fingerprint density at radius 2 is 2.06 bits per heavy atom. The molecule has 0 saturated carbocycles. The van der Waals surface area contributed by atoms with Gasteiger partial charge in [0.2, 0.25) is 0 Å². The summed E-state index contributed by atoms with van der Waals surface area (Å²) in [4.78, 5) is 16.5. The second-order valence-electron chi connectivity index (χ2n) is 4.59. The molecule has 0 N–H and O–H groups in total. The van der Waals surface area contributed by atoms with Crippen LogP contribution in [-0.2, 0) is 9.63 Å². The molecule has 18 heavy (non-hydrogen) atoms. The summed E-state index contributed by atoms with van der Waals surface area (Å²) in [5, 5.41) is 3.71. The summed E-state index contributed by atoms with van der Waals surface area (Å²) in [7, 11) is 1.58. The molecule has 1 rings (SSSR count). The molecule has 0 fully saturated rings. The van der Waals surface area contributed by atoms with Crippen molar-refractivity contribution in [1.82, 2.24) is 0 Å². The van der Waals surface area contributed by atoms with Crippen LogP contribution in [0.2, 0.25) is 0 Å². The largest absolute Gasteiger partial charge is 0.496 e. The van der Waals surface area contributed by atoms with Crippen molar-refractivity contribution in [3.05, 3.63) is 29.8 Å². The molecule has 0 saturated heterocycles. The molecule has 0 unspecified atom stereocenters. The van der Waals surface area contributed by atoms with Gasteiger partial charge in [-0.15, -0.1) is 0 Å². The molecule has 4 heteroatoms. The lowest BCUT2D eigenvalue weighted by Gasteiger charge is -2.17. The van der Waals surface area contributed by atoms with E-state index in [1.165, 1.54) is 6.21 Å². The minimum absolute atomic E-state index is 0.337. The van der Waals surface area contributed by atoms with Crippen LogP contribution in [-0.4, -0.2) is 19.3 Å². The van der Waals surface area contributed by atoms with Crippen molar-refractivity contribution in [3.8, 4) is 5.75 Å². The normalized spacial score (nSPS) is 11.6. The van der Waals surface area contributed by atoms with E-state index in [1.54, 1.807) is 7.11 Å². The van der Waals surface area contributed by atoms with Gasteiger partial charge in [-0.3, -0.25) is 0 Å². The minimum atomic E-state index is -0.516. The van der Waals surface area contributed by atoms with Crippen LogP contribution in [0, 0.1) is 5.41 Å². The number of carbonyl (C=O) groups is 1. The molecular formula is C14H19NO3. The predicted octanol–water partition coefficient (Wildman–Crippen LogP) is 3.01. The number of nitrogens with zero attached hydrogens (tertiary/aromatic N) is 1. The Balaban J connectivity index is 2.68. The Hall–Kier alpha value is -1.84. The third kappa shape index (κ3) is 3.58. The number of oxime groups is 1. The Morgan fingerprint density at radius 3 is 2.67 bits per heavy atom. The zero-order chi connectivity index (χ0) is 13.6. The van der Waals surface area contributed by atoms with Gasteiger partial charge in [0.15, 0.2) is 0 Å². The molecule has 0 spiro atoms. The number of hydrogen-bond donors (Lipinski definition) is 0. The van der Waals surface area contributed by atoms with Crippen LogP contribution in [0.15, 0.2) is 29.4 Å². The fourth-order valence-electron chi connectivity index (χ4n) is 1.17. The summed E-state index contributed by atoms with van der Waals surface area (Å²) < 4.78 is 5.16. The number of para-hydroxylation sites is 1. The number of hydrogen-bond acceptors (Lipinski definition) is 4. The van der Waals surface area contributed by atoms with Crippen molar-refractivity contribution < 1.29 is 14.4 Å². The fourth-order valence-corrected chi connectivity index (χ4v) is 1.17. The summed E-state index contributed by atoms with van der Waals surface area (Å²) >= 11 is 0. The van der Waals surface area contributed by atoms with Crippen molar-refractivity contribution in [2.24, 2.45) is 10.6 Å². The second-order valence-corrected chi connectivity index (χ2v) is 4.59. The third-order valence-corrected chi connectivity index (χ3v) is 2.90. The zero-order valence-electron chi connectivity index (χ0n) is 11.3. The van der Waals surface area contributed by atoms with Crippen LogP contribution >= 0.6 is 0 Å². The maximum atomic E-state index is 11.7. The van der Waals surface area contributed by atoms with Gasteiger partial charge in [0.05, 0.1) is 18.7 Å². The molecule has 0 aromatic heterocycles. The molecule has 4 nitrogen and oxygen atoms in total. The number of methoxy groups -OCH3 is 1. The number of carbonyl (C=O) groups excluding carboxylic acids is 1. The molecule has 0 aliphatic rings. The second kappa shape index (κ2) is 6.19. The van der Waals surface area contributed by atoms with E-state index in [0.717, 1.165) is 5.56 Å². The van der Waals surface area contributed by atoms with E-state index in [0.29, 0.717) is 12.2 Å². The first-order chi connectivity index (χ1) is 8.51. The number of rotatable bonds is 5. The van der Waals surface area contributed by atoms with Crippen LogP contribution in [0.25, 0.3) is 0 Å². The smallest absolute Gasteiger partial charge is 0.340 e. The van der Waals surface area contributed by atoms with E-state index >= 15 is 0 Å². The molecule has 1 aromatic carbocycles. The van der Waals surface area contributed by atoms with Gasteiger partial charge in [-0.05, 0) is 32.4 Å². The standard InChI is InChI=1S/C14H19NO3/c1-5-14(2,3)13(16)18-15-10-11-8-6-7-9-12(11)17-4/h6-10H,5H2,1-4H3/b15-10-. The highest BCUT2D eigenvalue weighted by Gasteiger charge is 2.27. The highest BCUT2D eigenvalue weighted by molar-refractivity contribution is 5.84. The summed E-state index contributed by atoms with van der Waals surface area (Å²) in [6.07, 6.45) is 2.18. The molecule has 98 valence electrons. The van der Waals surface area contributed by atoms with E-state index in [1.807, 2.05) is 45.0 Å². The Labute approximate surface area is 108 Å². The Morgan fingerprint density at radius 1 is 1.39 bits per heavy atom. The SMILES string of the molecule is CCC(C)(C)C(=O)O/N=C\c1ccccc1OC. The highest BCUT2D eigenvalue weighted by atomic mass is 16.7. The lowest BCUT2D eigenvalue weighted by Crippen LogP contribution is -2.24. The Kier molecular flexibility index (Phi) is 4.89. The monoisotopic (exact) mass is 249 g/mol. The number of benzene rings is 1. The van der Waals surface area contributed by atoms with Gasteiger partial charge in [-0.1, -0.05) is 24.2 Å². The molecule has 0 atom stereocenters. The van der Waals surface area contributed by atoms with E-state index in [9.17, 15) is 4.79 Å². The van der Waals surface area contributed by atoms with Gasteiger partial charge in [0.25, 0.3) is 0 Å². The first kappa shape index (κ1) is 14.2. The molecule has 0 heterocycles. The van der Waals surface area contributed by atoms with Gasteiger partial charge in [0.1, 0.15) is 5.75 Å². The Bertz CT molecular complexity index is 438. The van der Waals surface area contributed by atoms with E-state index in [4.69, 9.17) is 9.57 Å². The van der Waals surface area contributed by atoms with Crippen LogP contribution in [0.5, 0.6) is 5.75 Å². The summed E-state index contributed by atoms with van der Waals surface area (Å²) in [5.74, 6) is 0.350. The summed E-state index contributed by atoms with van der Waals surface area (Å²) in [6.45, 7) is 5.59. The molecule has 0 radical (unpaired) electrons. The summed E-state index contributed by atoms with van der Waals surface area (Å²) in [6, 6.07) is 7.38. The maximum absolute atomic E-state index is 11.7. The van der Waals surface area contributed by atoms with Crippen molar-refractivity contribution in [2.45, 2.75) is 27.2 Å². The lowest BCUT2D eigenvalue weighted by molar-refractivity contribution is -0.154.